The molecule has 0 saturated carbocycles. The Bertz CT molecular complexity index is 877. The fraction of sp³-hybridized carbons (Fsp3) is 0.261. The summed E-state index contributed by atoms with van der Waals surface area (Å²) < 4.78 is 0. The number of amides is 2. The summed E-state index contributed by atoms with van der Waals surface area (Å²) in [5.41, 5.74) is 6.23. The van der Waals surface area contributed by atoms with Crippen molar-refractivity contribution in [1.82, 2.24) is 10.6 Å². The number of hydrogen-bond acceptors (Lipinski definition) is 1. The molecule has 134 valence electrons. The number of fused-ring (bicyclic) bond motifs is 1. The fourth-order valence-electron chi connectivity index (χ4n) is 3.24. The first-order valence-corrected chi connectivity index (χ1v) is 8.96. The molecule has 0 radical (unpaired) electrons. The molecule has 3 heteroatoms. The van der Waals surface area contributed by atoms with E-state index in [1.54, 1.807) is 0 Å². The topological polar surface area (TPSA) is 41.1 Å². The van der Waals surface area contributed by atoms with Crippen molar-refractivity contribution in [2.75, 3.05) is 0 Å². The van der Waals surface area contributed by atoms with Gasteiger partial charge in [-0.15, -0.1) is 0 Å². The average molecular weight is 346 g/mol. The zero-order chi connectivity index (χ0) is 18.7. The molecular weight excluding hydrogens is 320 g/mol. The van der Waals surface area contributed by atoms with E-state index in [0.29, 0.717) is 0 Å². The van der Waals surface area contributed by atoms with Crippen LogP contribution in [0.2, 0.25) is 0 Å². The number of carbonyl (C=O) groups is 1. The van der Waals surface area contributed by atoms with E-state index in [1.807, 2.05) is 45.0 Å². The van der Waals surface area contributed by atoms with Gasteiger partial charge in [-0.1, -0.05) is 60.7 Å². The van der Waals surface area contributed by atoms with E-state index >= 15 is 0 Å². The van der Waals surface area contributed by atoms with Crippen molar-refractivity contribution in [2.24, 2.45) is 0 Å². The Hall–Kier alpha value is -2.81. The molecule has 0 saturated heterocycles. The van der Waals surface area contributed by atoms with Crippen molar-refractivity contribution in [3.05, 3.63) is 89.1 Å². The highest BCUT2D eigenvalue weighted by molar-refractivity contribution is 5.77. The second-order valence-electron chi connectivity index (χ2n) is 7.44. The molecule has 0 fully saturated rings. The molecule has 2 aromatic rings. The van der Waals surface area contributed by atoms with E-state index < -0.39 is 5.54 Å². The molecule has 2 aromatic carbocycles. The molecule has 1 aliphatic carbocycles. The van der Waals surface area contributed by atoms with Crippen LogP contribution in [0.5, 0.6) is 0 Å². The molecule has 3 rings (SSSR count). The van der Waals surface area contributed by atoms with Gasteiger partial charge < -0.3 is 10.6 Å². The van der Waals surface area contributed by atoms with Crippen LogP contribution in [-0.4, -0.2) is 6.03 Å². The molecule has 2 N–H and O–H groups in total. The fourth-order valence-corrected chi connectivity index (χ4v) is 3.24. The highest BCUT2D eigenvalue weighted by Crippen LogP contribution is 2.24. The lowest BCUT2D eigenvalue weighted by atomic mass is 9.91. The van der Waals surface area contributed by atoms with E-state index in [2.05, 4.69) is 47.6 Å². The summed E-state index contributed by atoms with van der Waals surface area (Å²) in [5, 5.41) is 6.11. The Morgan fingerprint density at radius 1 is 1.08 bits per heavy atom. The molecule has 0 heterocycles. The van der Waals surface area contributed by atoms with Gasteiger partial charge in [0.25, 0.3) is 0 Å². The first-order valence-electron chi connectivity index (χ1n) is 8.96. The maximum Gasteiger partial charge on any atom is 0.319 e. The molecule has 2 amide bonds. The minimum Gasteiger partial charge on any atom is -0.329 e. The second kappa shape index (κ2) is 7.20. The lowest BCUT2D eigenvalue weighted by molar-refractivity contribution is 0.232. The zero-order valence-electron chi connectivity index (χ0n) is 15.7. The number of nitrogens with one attached hydrogen (secondary N) is 2. The number of benzene rings is 2. The zero-order valence-corrected chi connectivity index (χ0v) is 15.7. The average Bonchev–Trinajstić information content (AvgIpc) is 2.61. The number of carbonyl (C=O) groups excluding carboxylic acids is 1. The van der Waals surface area contributed by atoms with Gasteiger partial charge in [0.15, 0.2) is 0 Å². The molecule has 26 heavy (non-hydrogen) atoms. The quantitative estimate of drug-likeness (QED) is 0.809. The van der Waals surface area contributed by atoms with Gasteiger partial charge in [0.05, 0.1) is 5.54 Å². The minimum absolute atomic E-state index is 0.179. The van der Waals surface area contributed by atoms with Crippen molar-refractivity contribution in [1.29, 1.82) is 0 Å². The largest absolute Gasteiger partial charge is 0.329 e. The molecule has 1 aliphatic rings. The predicted octanol–water partition coefficient (Wildman–Crippen LogP) is 4.94. The van der Waals surface area contributed by atoms with Crippen LogP contribution in [0.1, 0.15) is 43.0 Å². The Labute approximate surface area is 155 Å². The Balaban J connectivity index is 1.67. The van der Waals surface area contributed by atoms with E-state index in [0.717, 1.165) is 35.2 Å². The van der Waals surface area contributed by atoms with Crippen molar-refractivity contribution in [2.45, 2.75) is 39.2 Å². The van der Waals surface area contributed by atoms with Crippen molar-refractivity contribution in [3.8, 4) is 0 Å². The van der Waals surface area contributed by atoms with Crippen molar-refractivity contribution >= 4 is 11.6 Å². The number of urea groups is 1. The molecule has 0 spiro atoms. The van der Waals surface area contributed by atoms with Crippen LogP contribution in [0.4, 0.5) is 4.79 Å². The molecule has 0 unspecified atom stereocenters. The van der Waals surface area contributed by atoms with Gasteiger partial charge in [-0.2, -0.15) is 0 Å². The van der Waals surface area contributed by atoms with Gasteiger partial charge in [0.2, 0.25) is 0 Å². The van der Waals surface area contributed by atoms with Crippen LogP contribution in [0.3, 0.4) is 0 Å². The van der Waals surface area contributed by atoms with Crippen LogP contribution < -0.4 is 10.6 Å². The summed E-state index contributed by atoms with van der Waals surface area (Å²) in [7, 11) is 0. The molecule has 0 atom stereocenters. The first-order chi connectivity index (χ1) is 12.3. The normalized spacial score (nSPS) is 13.4. The summed E-state index contributed by atoms with van der Waals surface area (Å²) in [6, 6.07) is 16.3. The predicted molar refractivity (Wildman–Crippen MR) is 108 cm³/mol. The minimum atomic E-state index is -0.483. The number of hydrogen-bond donors (Lipinski definition) is 2. The van der Waals surface area contributed by atoms with Gasteiger partial charge in [-0.3, -0.25) is 0 Å². The van der Waals surface area contributed by atoms with Crippen molar-refractivity contribution in [3.63, 3.8) is 0 Å². The highest BCUT2D eigenvalue weighted by Gasteiger charge is 2.24. The number of rotatable bonds is 4. The number of allylic oxidation sites excluding steroid dienone is 3. The third-order valence-corrected chi connectivity index (χ3v) is 4.84. The van der Waals surface area contributed by atoms with Crippen LogP contribution >= 0.6 is 0 Å². The smallest absolute Gasteiger partial charge is 0.319 e. The van der Waals surface area contributed by atoms with Crippen LogP contribution in [-0.2, 0) is 18.4 Å². The third kappa shape index (κ3) is 4.05. The van der Waals surface area contributed by atoms with E-state index in [9.17, 15) is 4.79 Å². The molecular formula is C23H26N2O. The standard InChI is InChI=1S/C23H26N2O/c1-16(2)18-10-7-11-20(14-18)23(3,4)25-22(26)24-21-13-12-17-8-5-6-9-19(17)15-21/h5-11,13-14H,1,12,15H2,2-4H3,(H2,24,25,26). The van der Waals surface area contributed by atoms with Gasteiger partial charge >= 0.3 is 6.03 Å². The van der Waals surface area contributed by atoms with E-state index in [-0.39, 0.29) is 6.03 Å². The SMILES string of the molecule is C=C(C)c1cccc(C(C)(C)NC(=O)NC2=CCc3ccccc3C2)c1. The van der Waals surface area contributed by atoms with Crippen molar-refractivity contribution < 1.29 is 4.79 Å². The second-order valence-corrected chi connectivity index (χ2v) is 7.44. The monoisotopic (exact) mass is 346 g/mol. The van der Waals surface area contributed by atoms with Gasteiger partial charge in [-0.25, -0.2) is 4.79 Å². The first kappa shape index (κ1) is 18.0. The van der Waals surface area contributed by atoms with Crippen LogP contribution in [0.15, 0.2) is 66.9 Å². The Morgan fingerprint density at radius 2 is 1.81 bits per heavy atom. The van der Waals surface area contributed by atoms with Crippen LogP contribution in [0, 0.1) is 0 Å². The molecule has 3 nitrogen and oxygen atoms in total. The van der Waals surface area contributed by atoms with Crippen LogP contribution in [0.25, 0.3) is 5.57 Å². The lowest BCUT2D eigenvalue weighted by Crippen LogP contribution is -2.46. The summed E-state index contributed by atoms with van der Waals surface area (Å²) >= 11 is 0. The van der Waals surface area contributed by atoms with Gasteiger partial charge in [-0.05, 0) is 55.5 Å². The summed E-state index contributed by atoms with van der Waals surface area (Å²) in [6.45, 7) is 10.0. The maximum absolute atomic E-state index is 12.6. The summed E-state index contributed by atoms with van der Waals surface area (Å²) in [6.07, 6.45) is 3.71. The van der Waals surface area contributed by atoms with Gasteiger partial charge in [0, 0.05) is 12.1 Å². The van der Waals surface area contributed by atoms with E-state index in [1.165, 1.54) is 11.1 Å². The summed E-state index contributed by atoms with van der Waals surface area (Å²) in [4.78, 5) is 12.6. The van der Waals surface area contributed by atoms with E-state index in [4.69, 9.17) is 0 Å². The summed E-state index contributed by atoms with van der Waals surface area (Å²) in [5.74, 6) is 0. The third-order valence-electron chi connectivity index (χ3n) is 4.84. The maximum atomic E-state index is 12.6. The van der Waals surface area contributed by atoms with Gasteiger partial charge in [0.1, 0.15) is 0 Å². The Morgan fingerprint density at radius 3 is 2.54 bits per heavy atom. The Kier molecular flexibility index (Phi) is 4.99. The highest BCUT2D eigenvalue weighted by atomic mass is 16.2. The molecule has 0 aromatic heterocycles. The molecule has 0 aliphatic heterocycles. The lowest BCUT2D eigenvalue weighted by Gasteiger charge is -2.28. The molecule has 0 bridgehead atoms.